The van der Waals surface area contributed by atoms with E-state index < -0.39 is 0 Å². The van der Waals surface area contributed by atoms with Crippen LogP contribution in [0, 0.1) is 0 Å². The molecule has 0 atom stereocenters. The molecule has 0 saturated heterocycles. The van der Waals surface area contributed by atoms with Crippen molar-refractivity contribution in [3.63, 3.8) is 0 Å². The number of hydrogen-bond acceptors (Lipinski definition) is 4. The van der Waals surface area contributed by atoms with Crippen LogP contribution in [0.25, 0.3) is 22.8 Å². The van der Waals surface area contributed by atoms with Gasteiger partial charge < -0.3 is 4.57 Å². The van der Waals surface area contributed by atoms with Crippen molar-refractivity contribution in [2.24, 2.45) is 7.05 Å². The number of benzene rings is 2. The first kappa shape index (κ1) is 14.3. The first-order valence-corrected chi connectivity index (χ1v) is 7.70. The fourth-order valence-corrected chi connectivity index (χ4v) is 2.55. The van der Waals surface area contributed by atoms with Crippen molar-refractivity contribution in [3.05, 3.63) is 72.8 Å². The summed E-state index contributed by atoms with van der Waals surface area (Å²) in [5, 5.41) is 12.8. The molecular weight excluding hydrogens is 300 g/mol. The first-order chi connectivity index (χ1) is 11.8. The fraction of sp³-hybridized carbons (Fsp3) is 0.111. The summed E-state index contributed by atoms with van der Waals surface area (Å²) in [5.74, 6) is 2.35. The lowest BCUT2D eigenvalue weighted by atomic mass is 10.2. The molecule has 24 heavy (non-hydrogen) atoms. The lowest BCUT2D eigenvalue weighted by Crippen LogP contribution is -2.09. The van der Waals surface area contributed by atoms with Gasteiger partial charge in [-0.05, 0) is 0 Å². The van der Waals surface area contributed by atoms with Crippen LogP contribution in [-0.2, 0) is 13.6 Å². The molecule has 118 valence electrons. The SMILES string of the molecule is Cn1cnnc1Cn1nc(-c2ccccc2)nc1-c1ccccc1. The van der Waals surface area contributed by atoms with Crippen LogP contribution in [0.1, 0.15) is 5.82 Å². The Kier molecular flexibility index (Phi) is 3.63. The molecule has 0 fully saturated rings. The third kappa shape index (κ3) is 2.69. The standard InChI is InChI=1S/C18H16N6/c1-23-13-19-21-16(23)12-24-18(15-10-6-3-7-11-15)20-17(22-24)14-8-4-2-5-9-14/h2-11,13H,12H2,1H3. The Balaban J connectivity index is 1.81. The molecule has 0 saturated carbocycles. The quantitative estimate of drug-likeness (QED) is 0.581. The average Bonchev–Trinajstić information content (AvgIpc) is 3.24. The third-order valence-corrected chi connectivity index (χ3v) is 3.83. The van der Waals surface area contributed by atoms with Crippen molar-refractivity contribution < 1.29 is 0 Å². The predicted octanol–water partition coefficient (Wildman–Crippen LogP) is 2.79. The van der Waals surface area contributed by atoms with Gasteiger partial charge in [-0.1, -0.05) is 60.7 Å². The molecule has 0 radical (unpaired) electrons. The molecule has 0 aliphatic rings. The largest absolute Gasteiger partial charge is 0.319 e. The van der Waals surface area contributed by atoms with E-state index in [-0.39, 0.29) is 0 Å². The Labute approximate surface area is 139 Å². The van der Waals surface area contributed by atoms with E-state index in [0.29, 0.717) is 12.4 Å². The van der Waals surface area contributed by atoms with Gasteiger partial charge in [0.25, 0.3) is 0 Å². The molecule has 0 bridgehead atoms. The van der Waals surface area contributed by atoms with Crippen LogP contribution in [0.2, 0.25) is 0 Å². The highest BCUT2D eigenvalue weighted by Gasteiger charge is 2.15. The van der Waals surface area contributed by atoms with Crippen molar-refractivity contribution >= 4 is 0 Å². The van der Waals surface area contributed by atoms with E-state index in [1.54, 1.807) is 6.33 Å². The summed E-state index contributed by atoms with van der Waals surface area (Å²) in [6, 6.07) is 20.0. The molecule has 4 rings (SSSR count). The zero-order chi connectivity index (χ0) is 16.4. The molecule has 0 unspecified atom stereocenters. The van der Waals surface area contributed by atoms with Crippen molar-refractivity contribution in [2.45, 2.75) is 6.54 Å². The van der Waals surface area contributed by atoms with E-state index in [1.807, 2.05) is 77.0 Å². The second-order valence-electron chi connectivity index (χ2n) is 5.51. The molecule has 0 amide bonds. The summed E-state index contributed by atoms with van der Waals surface area (Å²) in [7, 11) is 1.92. The molecule has 2 heterocycles. The highest BCUT2D eigenvalue weighted by molar-refractivity contribution is 5.61. The average molecular weight is 316 g/mol. The van der Waals surface area contributed by atoms with Gasteiger partial charge in [-0.2, -0.15) is 0 Å². The van der Waals surface area contributed by atoms with Crippen LogP contribution in [0.3, 0.4) is 0 Å². The molecule has 0 N–H and O–H groups in total. The summed E-state index contributed by atoms with van der Waals surface area (Å²) < 4.78 is 3.76. The van der Waals surface area contributed by atoms with E-state index in [2.05, 4.69) is 10.2 Å². The van der Waals surface area contributed by atoms with Gasteiger partial charge in [0.15, 0.2) is 17.5 Å². The van der Waals surface area contributed by atoms with Crippen LogP contribution in [0.4, 0.5) is 0 Å². The summed E-state index contributed by atoms with van der Waals surface area (Å²) in [4.78, 5) is 4.76. The lowest BCUT2D eigenvalue weighted by Gasteiger charge is -2.05. The van der Waals surface area contributed by atoms with E-state index in [0.717, 1.165) is 22.8 Å². The van der Waals surface area contributed by atoms with Gasteiger partial charge in [-0.3, -0.25) is 0 Å². The van der Waals surface area contributed by atoms with Crippen LogP contribution < -0.4 is 0 Å². The van der Waals surface area contributed by atoms with Crippen molar-refractivity contribution in [2.75, 3.05) is 0 Å². The van der Waals surface area contributed by atoms with E-state index in [1.165, 1.54) is 0 Å². The third-order valence-electron chi connectivity index (χ3n) is 3.83. The summed E-state index contributed by atoms with van der Waals surface area (Å²) in [6.07, 6.45) is 1.69. The topological polar surface area (TPSA) is 61.4 Å². The zero-order valence-corrected chi connectivity index (χ0v) is 13.2. The van der Waals surface area contributed by atoms with E-state index in [4.69, 9.17) is 10.1 Å². The minimum Gasteiger partial charge on any atom is -0.319 e. The van der Waals surface area contributed by atoms with Crippen LogP contribution in [-0.4, -0.2) is 29.5 Å². The molecule has 2 aromatic carbocycles. The molecule has 0 aliphatic carbocycles. The second kappa shape index (κ2) is 6.08. The monoisotopic (exact) mass is 316 g/mol. The Bertz CT molecular complexity index is 940. The van der Waals surface area contributed by atoms with Crippen LogP contribution >= 0.6 is 0 Å². The van der Waals surface area contributed by atoms with Gasteiger partial charge >= 0.3 is 0 Å². The van der Waals surface area contributed by atoms with Crippen LogP contribution in [0.5, 0.6) is 0 Å². The highest BCUT2D eigenvalue weighted by atomic mass is 15.4. The van der Waals surface area contributed by atoms with Gasteiger partial charge in [0, 0.05) is 18.2 Å². The molecule has 6 heteroatoms. The summed E-state index contributed by atoms with van der Waals surface area (Å²) in [6.45, 7) is 0.514. The smallest absolute Gasteiger partial charge is 0.181 e. The molecule has 6 nitrogen and oxygen atoms in total. The Hall–Kier alpha value is -3.28. The molecular formula is C18H16N6. The minimum atomic E-state index is 0.514. The number of hydrogen-bond donors (Lipinski definition) is 0. The van der Waals surface area contributed by atoms with Gasteiger partial charge in [-0.25, -0.2) is 9.67 Å². The molecule has 4 aromatic rings. The second-order valence-corrected chi connectivity index (χ2v) is 5.51. The van der Waals surface area contributed by atoms with Crippen molar-refractivity contribution in [3.8, 4) is 22.8 Å². The number of aryl methyl sites for hydroxylation is 1. The number of aromatic nitrogens is 6. The van der Waals surface area contributed by atoms with E-state index >= 15 is 0 Å². The molecule has 0 aliphatic heterocycles. The zero-order valence-electron chi connectivity index (χ0n) is 13.2. The highest BCUT2D eigenvalue weighted by Crippen LogP contribution is 2.22. The van der Waals surface area contributed by atoms with Crippen LogP contribution in [0.15, 0.2) is 67.0 Å². The first-order valence-electron chi connectivity index (χ1n) is 7.70. The maximum absolute atomic E-state index is 4.76. The predicted molar refractivity (Wildman–Crippen MR) is 91.0 cm³/mol. The number of rotatable bonds is 4. The Morgan fingerprint density at radius 3 is 2.17 bits per heavy atom. The normalized spacial score (nSPS) is 10.9. The summed E-state index contributed by atoms with van der Waals surface area (Å²) in [5.41, 5.74) is 2.01. The van der Waals surface area contributed by atoms with Crippen molar-refractivity contribution in [1.29, 1.82) is 0 Å². The maximum atomic E-state index is 4.76. The molecule has 0 spiro atoms. The molecule has 2 aromatic heterocycles. The fourth-order valence-electron chi connectivity index (χ4n) is 2.55. The Morgan fingerprint density at radius 2 is 1.54 bits per heavy atom. The summed E-state index contributed by atoms with van der Waals surface area (Å²) >= 11 is 0. The Morgan fingerprint density at radius 1 is 0.875 bits per heavy atom. The van der Waals surface area contributed by atoms with Gasteiger partial charge in [0.1, 0.15) is 12.9 Å². The van der Waals surface area contributed by atoms with Crippen molar-refractivity contribution in [1.82, 2.24) is 29.5 Å². The van der Waals surface area contributed by atoms with Gasteiger partial charge in [-0.15, -0.1) is 15.3 Å². The van der Waals surface area contributed by atoms with Gasteiger partial charge in [0.2, 0.25) is 0 Å². The van der Waals surface area contributed by atoms with Gasteiger partial charge in [0.05, 0.1) is 0 Å². The minimum absolute atomic E-state index is 0.514. The lowest BCUT2D eigenvalue weighted by molar-refractivity contribution is 0.636. The number of nitrogens with zero attached hydrogens (tertiary/aromatic N) is 6. The maximum Gasteiger partial charge on any atom is 0.181 e. The van der Waals surface area contributed by atoms with E-state index in [9.17, 15) is 0 Å².